The van der Waals surface area contributed by atoms with Crippen LogP contribution in [0.25, 0.3) is 0 Å². The molecule has 80 valence electrons. The second kappa shape index (κ2) is 3.35. The van der Waals surface area contributed by atoms with Crippen molar-refractivity contribution < 1.29 is 9.90 Å². The molecule has 1 heterocycles. The third kappa shape index (κ3) is 1.63. The lowest BCUT2D eigenvalue weighted by molar-refractivity contribution is -0.00482. The van der Waals surface area contributed by atoms with Crippen LogP contribution in [0.15, 0.2) is 24.3 Å². The van der Waals surface area contributed by atoms with Gasteiger partial charge < -0.3 is 10.4 Å². The van der Waals surface area contributed by atoms with Gasteiger partial charge in [-0.1, -0.05) is 32.0 Å². The molecule has 0 aliphatic carbocycles. The largest absolute Gasteiger partial charge is 0.367 e. The molecule has 3 nitrogen and oxygen atoms in total. The van der Waals surface area contributed by atoms with Gasteiger partial charge in [-0.3, -0.25) is 4.79 Å². The van der Waals surface area contributed by atoms with Crippen LogP contribution < -0.4 is 5.32 Å². The highest BCUT2D eigenvalue weighted by Gasteiger charge is 2.40. The van der Waals surface area contributed by atoms with E-state index in [1.165, 1.54) is 0 Å². The lowest BCUT2D eigenvalue weighted by Crippen LogP contribution is -2.40. The average molecular weight is 205 g/mol. The molecule has 3 heteroatoms. The van der Waals surface area contributed by atoms with Crippen LogP contribution in [0.1, 0.15) is 36.2 Å². The molecule has 1 aliphatic heterocycles. The van der Waals surface area contributed by atoms with Crippen LogP contribution in [0.3, 0.4) is 0 Å². The SMILES string of the molecule is CC(C)CC1(O)NC(=O)c2ccccc21. The van der Waals surface area contributed by atoms with Gasteiger partial charge in [0.15, 0.2) is 5.72 Å². The first-order valence-corrected chi connectivity index (χ1v) is 5.17. The Hall–Kier alpha value is -1.35. The lowest BCUT2D eigenvalue weighted by Gasteiger charge is -2.25. The van der Waals surface area contributed by atoms with Crippen LogP contribution in [0.4, 0.5) is 0 Å². The highest BCUT2D eigenvalue weighted by Crippen LogP contribution is 2.33. The van der Waals surface area contributed by atoms with Crippen molar-refractivity contribution in [2.75, 3.05) is 0 Å². The number of rotatable bonds is 2. The molecule has 2 rings (SSSR count). The molecule has 2 N–H and O–H groups in total. The average Bonchev–Trinajstić information content (AvgIpc) is 2.39. The molecule has 1 atom stereocenters. The number of nitrogens with one attached hydrogen (secondary N) is 1. The Kier molecular flexibility index (Phi) is 2.27. The summed E-state index contributed by atoms with van der Waals surface area (Å²) in [5, 5.41) is 13.0. The summed E-state index contributed by atoms with van der Waals surface area (Å²) in [5.74, 6) is 0.134. The van der Waals surface area contributed by atoms with Crippen LogP contribution in [-0.2, 0) is 5.72 Å². The number of fused-ring (bicyclic) bond motifs is 1. The van der Waals surface area contributed by atoms with Crippen molar-refractivity contribution in [1.82, 2.24) is 5.32 Å². The van der Waals surface area contributed by atoms with Crippen molar-refractivity contribution in [1.29, 1.82) is 0 Å². The highest BCUT2D eigenvalue weighted by atomic mass is 16.3. The second-order valence-electron chi connectivity index (χ2n) is 4.46. The zero-order chi connectivity index (χ0) is 11.1. The molecule has 0 saturated heterocycles. The molecule has 0 bridgehead atoms. The van der Waals surface area contributed by atoms with Gasteiger partial charge in [0.2, 0.25) is 0 Å². The molecular weight excluding hydrogens is 190 g/mol. The van der Waals surface area contributed by atoms with Crippen molar-refractivity contribution in [2.24, 2.45) is 5.92 Å². The molecule has 0 aromatic heterocycles. The van der Waals surface area contributed by atoms with E-state index in [9.17, 15) is 9.90 Å². The maximum absolute atomic E-state index is 11.6. The van der Waals surface area contributed by atoms with E-state index in [1.807, 2.05) is 19.9 Å². The third-order valence-electron chi connectivity index (χ3n) is 2.64. The Labute approximate surface area is 89.1 Å². The van der Waals surface area contributed by atoms with Gasteiger partial charge in [0.25, 0.3) is 5.91 Å². The summed E-state index contributed by atoms with van der Waals surface area (Å²) >= 11 is 0. The molecule has 1 amide bonds. The van der Waals surface area contributed by atoms with Gasteiger partial charge in [-0.15, -0.1) is 0 Å². The predicted molar refractivity (Wildman–Crippen MR) is 57.3 cm³/mol. The van der Waals surface area contributed by atoms with Crippen LogP contribution in [-0.4, -0.2) is 11.0 Å². The normalized spacial score (nSPS) is 24.1. The van der Waals surface area contributed by atoms with Gasteiger partial charge in [-0.2, -0.15) is 0 Å². The lowest BCUT2D eigenvalue weighted by atomic mass is 9.93. The summed E-state index contributed by atoms with van der Waals surface area (Å²) in [6.07, 6.45) is 0.537. The zero-order valence-electron chi connectivity index (χ0n) is 8.95. The third-order valence-corrected chi connectivity index (χ3v) is 2.64. The number of hydrogen-bond acceptors (Lipinski definition) is 2. The minimum absolute atomic E-state index is 0.186. The Morgan fingerprint density at radius 3 is 2.73 bits per heavy atom. The topological polar surface area (TPSA) is 49.3 Å². The van der Waals surface area contributed by atoms with Crippen molar-refractivity contribution >= 4 is 5.91 Å². The van der Waals surface area contributed by atoms with Crippen molar-refractivity contribution in [3.63, 3.8) is 0 Å². The van der Waals surface area contributed by atoms with Crippen LogP contribution >= 0.6 is 0 Å². The van der Waals surface area contributed by atoms with E-state index in [-0.39, 0.29) is 5.91 Å². The molecule has 1 aliphatic rings. The number of carbonyl (C=O) groups is 1. The quantitative estimate of drug-likeness (QED) is 0.770. The summed E-state index contributed by atoms with van der Waals surface area (Å²) in [4.78, 5) is 11.6. The maximum atomic E-state index is 11.6. The highest BCUT2D eigenvalue weighted by molar-refractivity contribution is 5.99. The van der Waals surface area contributed by atoms with Crippen molar-refractivity contribution in [2.45, 2.75) is 26.0 Å². The predicted octanol–water partition coefficient (Wildman–Crippen LogP) is 1.62. The second-order valence-corrected chi connectivity index (χ2v) is 4.46. The minimum atomic E-state index is -1.18. The number of benzene rings is 1. The molecule has 15 heavy (non-hydrogen) atoms. The van der Waals surface area contributed by atoms with Gasteiger partial charge >= 0.3 is 0 Å². The molecule has 1 aromatic rings. The Morgan fingerprint density at radius 2 is 2.07 bits per heavy atom. The van der Waals surface area contributed by atoms with Crippen LogP contribution in [0.2, 0.25) is 0 Å². The fourth-order valence-electron chi connectivity index (χ4n) is 2.12. The first kappa shape index (κ1) is 10.2. The standard InChI is InChI=1S/C12H15NO2/c1-8(2)7-12(15)10-6-4-3-5-9(10)11(14)13-12/h3-6,8,15H,7H2,1-2H3,(H,13,14). The van der Waals surface area contributed by atoms with E-state index in [2.05, 4.69) is 5.32 Å². The van der Waals surface area contributed by atoms with Crippen molar-refractivity contribution in [3.05, 3.63) is 35.4 Å². The number of aliphatic hydroxyl groups is 1. The number of hydrogen-bond donors (Lipinski definition) is 2. The Bertz CT molecular complexity index is 400. The summed E-state index contributed by atoms with van der Waals surface area (Å²) < 4.78 is 0. The molecule has 0 spiro atoms. The molecule has 1 unspecified atom stereocenters. The monoisotopic (exact) mass is 205 g/mol. The van der Waals surface area contributed by atoms with Crippen LogP contribution in [0, 0.1) is 5.92 Å². The summed E-state index contributed by atoms with van der Waals surface area (Å²) in [6.45, 7) is 4.04. The fourth-order valence-corrected chi connectivity index (χ4v) is 2.12. The van der Waals surface area contributed by atoms with Crippen molar-refractivity contribution in [3.8, 4) is 0 Å². The van der Waals surface area contributed by atoms with Crippen LogP contribution in [0.5, 0.6) is 0 Å². The smallest absolute Gasteiger partial charge is 0.254 e. The van der Waals surface area contributed by atoms with E-state index < -0.39 is 5.72 Å². The molecule has 1 aromatic carbocycles. The number of carbonyl (C=O) groups excluding carboxylic acids is 1. The molecule has 0 saturated carbocycles. The van der Waals surface area contributed by atoms with E-state index >= 15 is 0 Å². The number of amides is 1. The van der Waals surface area contributed by atoms with E-state index in [0.29, 0.717) is 23.5 Å². The van der Waals surface area contributed by atoms with Gasteiger partial charge in [0.1, 0.15) is 0 Å². The van der Waals surface area contributed by atoms with Gasteiger partial charge in [-0.25, -0.2) is 0 Å². The van der Waals surface area contributed by atoms with E-state index in [4.69, 9.17) is 0 Å². The molecule has 0 radical (unpaired) electrons. The molecule has 0 fully saturated rings. The Morgan fingerprint density at radius 1 is 1.40 bits per heavy atom. The summed E-state index contributed by atoms with van der Waals surface area (Å²) in [5.41, 5.74) is 0.103. The maximum Gasteiger partial charge on any atom is 0.254 e. The summed E-state index contributed by atoms with van der Waals surface area (Å²) in [6, 6.07) is 7.18. The Balaban J connectivity index is 2.43. The first-order valence-electron chi connectivity index (χ1n) is 5.17. The zero-order valence-corrected chi connectivity index (χ0v) is 8.95. The van der Waals surface area contributed by atoms with E-state index in [0.717, 1.165) is 0 Å². The fraction of sp³-hybridized carbons (Fsp3) is 0.417. The van der Waals surface area contributed by atoms with Gasteiger partial charge in [0.05, 0.1) is 0 Å². The molecular formula is C12H15NO2. The van der Waals surface area contributed by atoms with Gasteiger partial charge in [-0.05, 0) is 12.0 Å². The van der Waals surface area contributed by atoms with Gasteiger partial charge in [0, 0.05) is 17.5 Å². The first-order chi connectivity index (χ1) is 7.03. The summed E-state index contributed by atoms with van der Waals surface area (Å²) in [7, 11) is 0. The minimum Gasteiger partial charge on any atom is -0.367 e. The van der Waals surface area contributed by atoms with E-state index in [1.54, 1.807) is 18.2 Å².